The first-order valence-electron chi connectivity index (χ1n) is 8.08. The van der Waals surface area contributed by atoms with Crippen molar-refractivity contribution in [2.45, 2.75) is 33.2 Å². The Morgan fingerprint density at radius 1 is 1.29 bits per heavy atom. The predicted octanol–water partition coefficient (Wildman–Crippen LogP) is 3.83. The van der Waals surface area contributed by atoms with Gasteiger partial charge in [-0.05, 0) is 56.9 Å². The fourth-order valence-corrected chi connectivity index (χ4v) is 3.27. The molecule has 0 radical (unpaired) electrons. The van der Waals surface area contributed by atoms with Crippen LogP contribution in [0.4, 0.5) is 10.5 Å². The molecular formula is C18H26N4OS. The minimum atomic E-state index is -0.206. The maximum absolute atomic E-state index is 12.2. The Morgan fingerprint density at radius 2 is 1.96 bits per heavy atom. The lowest BCUT2D eigenvalue weighted by Gasteiger charge is -2.15. The van der Waals surface area contributed by atoms with E-state index in [9.17, 15) is 4.79 Å². The van der Waals surface area contributed by atoms with Crippen LogP contribution in [0.2, 0.25) is 0 Å². The van der Waals surface area contributed by atoms with Crippen LogP contribution >= 0.6 is 11.8 Å². The smallest absolute Gasteiger partial charge is 0.319 e. The number of rotatable bonds is 6. The quantitative estimate of drug-likeness (QED) is 0.836. The van der Waals surface area contributed by atoms with E-state index in [-0.39, 0.29) is 12.1 Å². The van der Waals surface area contributed by atoms with E-state index in [4.69, 9.17) is 0 Å². The number of nitrogens with one attached hydrogen (secondary N) is 2. The highest BCUT2D eigenvalue weighted by molar-refractivity contribution is 7.98. The molecule has 1 aromatic carbocycles. The first-order valence-corrected chi connectivity index (χ1v) is 9.47. The summed E-state index contributed by atoms with van der Waals surface area (Å²) in [6.45, 7) is 5.95. The van der Waals surface area contributed by atoms with Crippen LogP contribution in [-0.4, -0.2) is 27.8 Å². The molecule has 2 amide bonds. The molecule has 1 heterocycles. The van der Waals surface area contributed by atoms with E-state index in [0.717, 1.165) is 34.8 Å². The molecular weight excluding hydrogens is 320 g/mol. The minimum absolute atomic E-state index is 0.0976. The zero-order valence-electron chi connectivity index (χ0n) is 15.0. The summed E-state index contributed by atoms with van der Waals surface area (Å²) >= 11 is 1.83. The Kier molecular flexibility index (Phi) is 6.31. The Morgan fingerprint density at radius 3 is 2.50 bits per heavy atom. The number of thioether (sulfide) groups is 1. The van der Waals surface area contributed by atoms with Gasteiger partial charge in [0.1, 0.15) is 0 Å². The van der Waals surface area contributed by atoms with Gasteiger partial charge in [-0.2, -0.15) is 16.9 Å². The van der Waals surface area contributed by atoms with Crippen molar-refractivity contribution in [3.8, 4) is 0 Å². The van der Waals surface area contributed by atoms with Crippen LogP contribution in [0.1, 0.15) is 35.5 Å². The van der Waals surface area contributed by atoms with Crippen LogP contribution in [0.25, 0.3) is 0 Å². The monoisotopic (exact) mass is 346 g/mol. The van der Waals surface area contributed by atoms with Crippen molar-refractivity contribution in [3.05, 3.63) is 46.8 Å². The number of hydrogen-bond acceptors (Lipinski definition) is 3. The van der Waals surface area contributed by atoms with Gasteiger partial charge < -0.3 is 10.6 Å². The van der Waals surface area contributed by atoms with Crippen molar-refractivity contribution in [3.63, 3.8) is 0 Å². The standard InChI is InChI=1S/C18H26N4OS/c1-12(17-13(2)21-22(4)14(17)3)19-18(23)20-16-8-6-15(7-9-16)10-11-24-5/h6-9,12H,10-11H2,1-5H3,(H2,19,20,23). The molecule has 0 aliphatic carbocycles. The number of urea groups is 1. The van der Waals surface area contributed by atoms with Crippen molar-refractivity contribution >= 4 is 23.5 Å². The molecule has 2 rings (SSSR count). The van der Waals surface area contributed by atoms with Crippen molar-refractivity contribution in [1.29, 1.82) is 0 Å². The third kappa shape index (κ3) is 4.54. The van der Waals surface area contributed by atoms with Crippen molar-refractivity contribution in [2.75, 3.05) is 17.3 Å². The molecule has 0 aliphatic rings. The molecule has 0 bridgehead atoms. The van der Waals surface area contributed by atoms with Gasteiger partial charge >= 0.3 is 6.03 Å². The third-order valence-electron chi connectivity index (χ3n) is 4.15. The fraction of sp³-hybridized carbons (Fsp3) is 0.444. The van der Waals surface area contributed by atoms with Gasteiger partial charge in [-0.25, -0.2) is 4.79 Å². The van der Waals surface area contributed by atoms with E-state index < -0.39 is 0 Å². The summed E-state index contributed by atoms with van der Waals surface area (Å²) in [5.74, 6) is 1.11. The molecule has 0 saturated carbocycles. The molecule has 0 fully saturated rings. The van der Waals surface area contributed by atoms with E-state index >= 15 is 0 Å². The highest BCUT2D eigenvalue weighted by atomic mass is 32.2. The Labute approximate surface area is 148 Å². The van der Waals surface area contributed by atoms with Crippen molar-refractivity contribution in [2.24, 2.45) is 7.05 Å². The van der Waals surface area contributed by atoms with Gasteiger partial charge in [0.2, 0.25) is 0 Å². The molecule has 0 aliphatic heterocycles. The van der Waals surface area contributed by atoms with Gasteiger partial charge in [0.05, 0.1) is 11.7 Å². The van der Waals surface area contributed by atoms with Crippen LogP contribution in [0, 0.1) is 13.8 Å². The largest absolute Gasteiger partial charge is 0.331 e. The SMILES string of the molecule is CSCCc1ccc(NC(=O)NC(C)c2c(C)nn(C)c2C)cc1. The Hall–Kier alpha value is -1.95. The van der Waals surface area contributed by atoms with E-state index in [0.29, 0.717) is 0 Å². The highest BCUT2D eigenvalue weighted by Gasteiger charge is 2.18. The average molecular weight is 347 g/mol. The van der Waals surface area contributed by atoms with Gasteiger partial charge in [0.25, 0.3) is 0 Å². The third-order valence-corrected chi connectivity index (χ3v) is 4.76. The second-order valence-corrected chi connectivity index (χ2v) is 6.95. The van der Waals surface area contributed by atoms with Crippen molar-refractivity contribution < 1.29 is 4.79 Å². The van der Waals surface area contributed by atoms with Crippen LogP contribution < -0.4 is 10.6 Å². The molecule has 1 atom stereocenters. The van der Waals surface area contributed by atoms with Gasteiger partial charge in [0.15, 0.2) is 0 Å². The number of nitrogens with zero attached hydrogens (tertiary/aromatic N) is 2. The van der Waals surface area contributed by atoms with Crippen LogP contribution in [-0.2, 0) is 13.5 Å². The first-order chi connectivity index (χ1) is 11.4. The number of hydrogen-bond donors (Lipinski definition) is 2. The van der Waals surface area contributed by atoms with Gasteiger partial charge in [-0.3, -0.25) is 4.68 Å². The van der Waals surface area contributed by atoms with Gasteiger partial charge in [-0.1, -0.05) is 12.1 Å². The van der Waals surface area contributed by atoms with Crippen molar-refractivity contribution in [1.82, 2.24) is 15.1 Å². The molecule has 2 aromatic rings. The second kappa shape index (κ2) is 8.24. The molecule has 0 saturated heterocycles. The summed E-state index contributed by atoms with van der Waals surface area (Å²) in [7, 11) is 1.91. The van der Waals surface area contributed by atoms with E-state index in [2.05, 4.69) is 34.1 Å². The van der Waals surface area contributed by atoms with E-state index in [1.165, 1.54) is 5.56 Å². The summed E-state index contributed by atoms with van der Waals surface area (Å²) < 4.78 is 1.84. The second-order valence-electron chi connectivity index (χ2n) is 5.97. The Bertz CT molecular complexity index is 694. The summed E-state index contributed by atoms with van der Waals surface area (Å²) in [5, 5.41) is 10.3. The van der Waals surface area contributed by atoms with Gasteiger partial charge in [0, 0.05) is 24.0 Å². The number of carbonyl (C=O) groups excluding carboxylic acids is 1. The fourth-order valence-electron chi connectivity index (χ4n) is 2.83. The molecule has 5 nitrogen and oxygen atoms in total. The van der Waals surface area contributed by atoms with Crippen LogP contribution in [0.15, 0.2) is 24.3 Å². The lowest BCUT2D eigenvalue weighted by atomic mass is 10.1. The number of benzene rings is 1. The predicted molar refractivity (Wildman–Crippen MR) is 102 cm³/mol. The van der Waals surface area contributed by atoms with Gasteiger partial charge in [-0.15, -0.1) is 0 Å². The number of aryl methyl sites for hydroxylation is 3. The molecule has 0 spiro atoms. The normalized spacial score (nSPS) is 12.0. The Balaban J connectivity index is 1.95. The van der Waals surface area contributed by atoms with Crippen LogP contribution in [0.3, 0.4) is 0 Å². The zero-order valence-corrected chi connectivity index (χ0v) is 15.8. The number of aromatic nitrogens is 2. The summed E-state index contributed by atoms with van der Waals surface area (Å²) in [6, 6.07) is 7.71. The molecule has 1 aromatic heterocycles. The molecule has 2 N–H and O–H groups in total. The molecule has 24 heavy (non-hydrogen) atoms. The lowest BCUT2D eigenvalue weighted by molar-refractivity contribution is 0.249. The topological polar surface area (TPSA) is 59.0 Å². The van der Waals surface area contributed by atoms with E-state index in [1.54, 1.807) is 0 Å². The first kappa shape index (κ1) is 18.4. The maximum atomic E-state index is 12.2. The molecule has 6 heteroatoms. The minimum Gasteiger partial charge on any atom is -0.331 e. The van der Waals surface area contributed by atoms with E-state index in [1.807, 2.05) is 56.4 Å². The number of amides is 2. The summed E-state index contributed by atoms with van der Waals surface area (Å²) in [5.41, 5.74) is 5.16. The number of carbonyl (C=O) groups is 1. The van der Waals surface area contributed by atoms with Crippen LogP contribution in [0.5, 0.6) is 0 Å². The molecule has 1 unspecified atom stereocenters. The number of anilines is 1. The summed E-state index contributed by atoms with van der Waals surface area (Å²) in [4.78, 5) is 12.2. The highest BCUT2D eigenvalue weighted by Crippen LogP contribution is 2.20. The summed E-state index contributed by atoms with van der Waals surface area (Å²) in [6.07, 6.45) is 3.15. The zero-order chi connectivity index (χ0) is 17.7. The average Bonchev–Trinajstić information content (AvgIpc) is 2.79. The lowest BCUT2D eigenvalue weighted by Crippen LogP contribution is -2.31. The maximum Gasteiger partial charge on any atom is 0.319 e. The molecule has 130 valence electrons.